The molecule has 0 bridgehead atoms. The molecule has 1 atom stereocenters. The summed E-state index contributed by atoms with van der Waals surface area (Å²) >= 11 is 1.55. The number of rotatable bonds is 5. The highest BCUT2D eigenvalue weighted by Crippen LogP contribution is 2.26. The largest absolute Gasteiger partial charge is 0.392 e. The van der Waals surface area contributed by atoms with Gasteiger partial charge in [0.05, 0.1) is 11.0 Å². The van der Waals surface area contributed by atoms with Gasteiger partial charge in [-0.3, -0.25) is 9.69 Å². The smallest absolute Gasteiger partial charge is 0.264 e. The minimum atomic E-state index is -0.253. The summed E-state index contributed by atoms with van der Waals surface area (Å²) < 4.78 is 0. The van der Waals surface area contributed by atoms with Crippen LogP contribution in [0.2, 0.25) is 0 Å². The molecule has 2 heterocycles. The Hall–Kier alpha value is -0.910. The van der Waals surface area contributed by atoms with Crippen molar-refractivity contribution < 1.29 is 9.90 Å². The van der Waals surface area contributed by atoms with E-state index in [2.05, 4.69) is 24.8 Å². The van der Waals surface area contributed by atoms with Crippen molar-refractivity contribution in [3.8, 4) is 0 Å². The van der Waals surface area contributed by atoms with E-state index in [0.29, 0.717) is 5.92 Å². The van der Waals surface area contributed by atoms with Crippen molar-refractivity contribution in [2.24, 2.45) is 0 Å². The third kappa shape index (κ3) is 4.05. The fourth-order valence-electron chi connectivity index (χ4n) is 2.65. The van der Waals surface area contributed by atoms with E-state index >= 15 is 0 Å². The Morgan fingerprint density at radius 3 is 2.57 bits per heavy atom. The van der Waals surface area contributed by atoms with E-state index in [-0.39, 0.29) is 12.0 Å². The van der Waals surface area contributed by atoms with Crippen molar-refractivity contribution in [3.63, 3.8) is 0 Å². The normalized spacial score (nSPS) is 18.2. The molecule has 1 fully saturated rings. The van der Waals surface area contributed by atoms with E-state index in [9.17, 15) is 9.90 Å². The van der Waals surface area contributed by atoms with Gasteiger partial charge in [-0.2, -0.15) is 0 Å². The number of piperazine rings is 1. The number of nitrogens with zero attached hydrogens (tertiary/aromatic N) is 2. The quantitative estimate of drug-likeness (QED) is 0.908. The van der Waals surface area contributed by atoms with Crippen LogP contribution in [0.15, 0.2) is 11.4 Å². The highest BCUT2D eigenvalue weighted by molar-refractivity contribution is 7.12. The minimum absolute atomic E-state index is 0.171. The van der Waals surface area contributed by atoms with Gasteiger partial charge in [-0.25, -0.2) is 0 Å². The van der Waals surface area contributed by atoms with Gasteiger partial charge < -0.3 is 10.0 Å². The zero-order valence-electron chi connectivity index (χ0n) is 13.2. The molecule has 0 aromatic carbocycles. The summed E-state index contributed by atoms with van der Waals surface area (Å²) in [6.07, 6.45) is 0.531. The molecule has 1 aliphatic rings. The van der Waals surface area contributed by atoms with E-state index < -0.39 is 0 Å². The molecule has 1 aromatic heterocycles. The summed E-state index contributed by atoms with van der Waals surface area (Å²) in [7, 11) is 0. The number of carbonyl (C=O) groups is 1. The van der Waals surface area contributed by atoms with Crippen LogP contribution in [0, 0.1) is 0 Å². The number of aliphatic hydroxyl groups is 1. The van der Waals surface area contributed by atoms with Crippen LogP contribution in [-0.2, 0) is 0 Å². The molecular weight excluding hydrogens is 284 g/mol. The maximum atomic E-state index is 12.6. The van der Waals surface area contributed by atoms with Gasteiger partial charge in [0.25, 0.3) is 5.91 Å². The highest BCUT2D eigenvalue weighted by atomic mass is 32.1. The molecule has 1 saturated heterocycles. The maximum Gasteiger partial charge on any atom is 0.264 e. The van der Waals surface area contributed by atoms with Crippen molar-refractivity contribution in [2.45, 2.75) is 39.2 Å². The predicted octanol–water partition coefficient (Wildman–Crippen LogP) is 2.40. The summed E-state index contributed by atoms with van der Waals surface area (Å²) in [5, 5.41) is 11.7. The molecule has 118 valence electrons. The molecule has 2 rings (SSSR count). The first-order valence-electron chi connectivity index (χ1n) is 7.80. The van der Waals surface area contributed by atoms with Crippen molar-refractivity contribution >= 4 is 17.2 Å². The standard InChI is InChI=1S/C16H26N2O2S/c1-4-13(19)11-17-6-8-18(9-7-17)16(20)15-14(12(2)3)5-10-21-15/h5,10,12-13,19H,4,6-9,11H2,1-3H3/t13-/m0/s1. The SMILES string of the molecule is CC[C@H](O)CN1CCN(C(=O)c2sccc2C(C)C)CC1. The van der Waals surface area contributed by atoms with E-state index in [4.69, 9.17) is 0 Å². The lowest BCUT2D eigenvalue weighted by Crippen LogP contribution is -2.50. The molecule has 0 spiro atoms. The average molecular weight is 310 g/mol. The number of amides is 1. The molecule has 0 saturated carbocycles. The van der Waals surface area contributed by atoms with Gasteiger partial charge in [0.2, 0.25) is 0 Å². The lowest BCUT2D eigenvalue weighted by atomic mass is 10.0. The van der Waals surface area contributed by atoms with E-state index in [0.717, 1.165) is 49.6 Å². The third-order valence-electron chi connectivity index (χ3n) is 4.11. The number of carbonyl (C=O) groups excluding carboxylic acids is 1. The van der Waals surface area contributed by atoms with E-state index in [1.807, 2.05) is 17.2 Å². The van der Waals surface area contributed by atoms with Crippen molar-refractivity contribution in [3.05, 3.63) is 21.9 Å². The van der Waals surface area contributed by atoms with Gasteiger partial charge in [-0.05, 0) is 29.3 Å². The molecule has 1 N–H and O–H groups in total. The molecule has 5 heteroatoms. The molecule has 1 aromatic rings. The van der Waals surface area contributed by atoms with Crippen molar-refractivity contribution in [1.82, 2.24) is 9.80 Å². The Bertz CT molecular complexity index is 465. The van der Waals surface area contributed by atoms with Crippen LogP contribution in [-0.4, -0.2) is 59.6 Å². The van der Waals surface area contributed by atoms with Crippen molar-refractivity contribution in [1.29, 1.82) is 0 Å². The van der Waals surface area contributed by atoms with Gasteiger partial charge in [-0.15, -0.1) is 11.3 Å². The molecule has 1 aliphatic heterocycles. The van der Waals surface area contributed by atoms with E-state index in [1.54, 1.807) is 11.3 Å². The lowest BCUT2D eigenvalue weighted by molar-refractivity contribution is 0.0526. The Labute approximate surface area is 131 Å². The topological polar surface area (TPSA) is 43.8 Å². The zero-order valence-corrected chi connectivity index (χ0v) is 14.0. The van der Waals surface area contributed by atoms with Gasteiger partial charge in [0, 0.05) is 32.7 Å². The molecule has 0 radical (unpaired) electrons. The van der Waals surface area contributed by atoms with E-state index in [1.165, 1.54) is 0 Å². The first-order valence-corrected chi connectivity index (χ1v) is 8.68. The second kappa shape index (κ2) is 7.38. The maximum absolute atomic E-state index is 12.6. The lowest BCUT2D eigenvalue weighted by Gasteiger charge is -2.35. The number of hydrogen-bond donors (Lipinski definition) is 1. The van der Waals surface area contributed by atoms with Crippen LogP contribution in [0.1, 0.15) is 48.3 Å². The second-order valence-electron chi connectivity index (χ2n) is 6.01. The summed E-state index contributed by atoms with van der Waals surface area (Å²) in [6.45, 7) is 10.2. The van der Waals surface area contributed by atoms with Gasteiger partial charge in [0.15, 0.2) is 0 Å². The minimum Gasteiger partial charge on any atom is -0.392 e. The Morgan fingerprint density at radius 1 is 1.33 bits per heavy atom. The molecule has 0 aliphatic carbocycles. The monoisotopic (exact) mass is 310 g/mol. The summed E-state index contributed by atoms with van der Waals surface area (Å²) in [4.78, 5) is 17.7. The number of hydrogen-bond acceptors (Lipinski definition) is 4. The molecule has 4 nitrogen and oxygen atoms in total. The average Bonchev–Trinajstić information content (AvgIpc) is 2.96. The third-order valence-corrected chi connectivity index (χ3v) is 5.03. The predicted molar refractivity (Wildman–Crippen MR) is 87.0 cm³/mol. The van der Waals surface area contributed by atoms with Crippen LogP contribution in [0.3, 0.4) is 0 Å². The zero-order chi connectivity index (χ0) is 15.4. The first kappa shape index (κ1) is 16.5. The van der Waals surface area contributed by atoms with Crippen LogP contribution >= 0.6 is 11.3 Å². The summed E-state index contributed by atoms with van der Waals surface area (Å²) in [5.74, 6) is 0.556. The highest BCUT2D eigenvalue weighted by Gasteiger charge is 2.25. The van der Waals surface area contributed by atoms with Gasteiger partial charge in [-0.1, -0.05) is 20.8 Å². The second-order valence-corrected chi connectivity index (χ2v) is 6.93. The Morgan fingerprint density at radius 2 is 2.00 bits per heavy atom. The fraction of sp³-hybridized carbons (Fsp3) is 0.688. The van der Waals surface area contributed by atoms with Crippen LogP contribution < -0.4 is 0 Å². The molecular formula is C16H26N2O2S. The first-order chi connectivity index (χ1) is 10.0. The summed E-state index contributed by atoms with van der Waals surface area (Å²) in [5.41, 5.74) is 1.16. The fourth-order valence-corrected chi connectivity index (χ4v) is 3.67. The molecule has 21 heavy (non-hydrogen) atoms. The molecule has 1 amide bonds. The number of thiophene rings is 1. The Kier molecular flexibility index (Phi) is 5.79. The van der Waals surface area contributed by atoms with Crippen LogP contribution in [0.25, 0.3) is 0 Å². The van der Waals surface area contributed by atoms with Crippen LogP contribution in [0.5, 0.6) is 0 Å². The Balaban J connectivity index is 1.93. The number of β-amino-alcohol motifs (C(OH)–C–C–N with tert-alkyl or cyclic N) is 1. The van der Waals surface area contributed by atoms with Gasteiger partial charge in [0.1, 0.15) is 0 Å². The van der Waals surface area contributed by atoms with Gasteiger partial charge >= 0.3 is 0 Å². The molecule has 0 unspecified atom stereocenters. The number of aliphatic hydroxyl groups excluding tert-OH is 1. The van der Waals surface area contributed by atoms with Crippen LogP contribution in [0.4, 0.5) is 0 Å². The summed E-state index contributed by atoms with van der Waals surface area (Å²) in [6, 6.07) is 2.07. The van der Waals surface area contributed by atoms with Crippen molar-refractivity contribution in [2.75, 3.05) is 32.7 Å².